The predicted molar refractivity (Wildman–Crippen MR) is 46.5 cm³/mol. The lowest BCUT2D eigenvalue weighted by atomic mass is 10.6. The maximum absolute atomic E-state index is 4.07. The summed E-state index contributed by atoms with van der Waals surface area (Å²) in [6.45, 7) is 7.27. The molecule has 1 heterocycles. The molecular formula is C7H12N4. The molecule has 0 saturated carbocycles. The number of rotatable bonds is 2. The molecule has 1 aliphatic rings. The molecule has 1 atom stereocenters. The topological polar surface area (TPSA) is 48.8 Å². The van der Waals surface area contributed by atoms with Crippen molar-refractivity contribution >= 4 is 12.9 Å². The van der Waals surface area contributed by atoms with Crippen molar-refractivity contribution in [3.63, 3.8) is 0 Å². The molecule has 0 saturated heterocycles. The molecule has 2 N–H and O–H groups in total. The average Bonchev–Trinajstić information content (AvgIpc) is 2.32. The third-order valence-electron chi connectivity index (χ3n) is 1.35. The number of hydrogen-bond donors (Lipinski definition) is 2. The van der Waals surface area contributed by atoms with Crippen molar-refractivity contribution in [2.24, 2.45) is 9.98 Å². The van der Waals surface area contributed by atoms with E-state index in [0.29, 0.717) is 0 Å². The molecule has 11 heavy (non-hydrogen) atoms. The first-order valence-electron chi connectivity index (χ1n) is 3.50. The largest absolute Gasteiger partial charge is 0.347 e. The van der Waals surface area contributed by atoms with Crippen molar-refractivity contribution < 1.29 is 0 Å². The second-order valence-corrected chi connectivity index (χ2v) is 2.25. The predicted octanol–water partition coefficient (Wildman–Crippen LogP) is 0.443. The Morgan fingerprint density at radius 3 is 2.64 bits per heavy atom. The zero-order chi connectivity index (χ0) is 8.27. The van der Waals surface area contributed by atoms with Crippen molar-refractivity contribution in [1.29, 1.82) is 0 Å². The molecule has 1 aliphatic heterocycles. The summed E-state index contributed by atoms with van der Waals surface area (Å²) in [4.78, 5) is 7.85. The van der Waals surface area contributed by atoms with E-state index in [1.165, 1.54) is 0 Å². The lowest BCUT2D eigenvalue weighted by molar-refractivity contribution is 0.600. The van der Waals surface area contributed by atoms with E-state index in [2.05, 4.69) is 27.3 Å². The van der Waals surface area contributed by atoms with Crippen LogP contribution >= 0.6 is 0 Å². The SMILES string of the molecule is C=NC1=C(/N=C\C)N[C@@H](C)N1. The van der Waals surface area contributed by atoms with E-state index in [-0.39, 0.29) is 6.17 Å². The van der Waals surface area contributed by atoms with Crippen molar-refractivity contribution in [1.82, 2.24) is 10.6 Å². The van der Waals surface area contributed by atoms with Crippen LogP contribution < -0.4 is 10.6 Å². The van der Waals surface area contributed by atoms with Gasteiger partial charge in [0.25, 0.3) is 0 Å². The van der Waals surface area contributed by atoms with Gasteiger partial charge in [0.15, 0.2) is 11.6 Å². The second-order valence-electron chi connectivity index (χ2n) is 2.25. The molecule has 0 aliphatic carbocycles. The smallest absolute Gasteiger partial charge is 0.170 e. The Balaban J connectivity index is 2.79. The summed E-state index contributed by atoms with van der Waals surface area (Å²) in [5.74, 6) is 1.48. The van der Waals surface area contributed by atoms with Gasteiger partial charge in [0.1, 0.15) is 0 Å². The van der Waals surface area contributed by atoms with Crippen molar-refractivity contribution in [2.75, 3.05) is 0 Å². The van der Waals surface area contributed by atoms with Crippen LogP contribution in [0.25, 0.3) is 0 Å². The van der Waals surface area contributed by atoms with Crippen LogP contribution in [0.5, 0.6) is 0 Å². The van der Waals surface area contributed by atoms with Crippen LogP contribution in [0.1, 0.15) is 13.8 Å². The summed E-state index contributed by atoms with van der Waals surface area (Å²) in [7, 11) is 0. The van der Waals surface area contributed by atoms with E-state index >= 15 is 0 Å². The van der Waals surface area contributed by atoms with Gasteiger partial charge in [-0.3, -0.25) is 0 Å². The lowest BCUT2D eigenvalue weighted by Crippen LogP contribution is -2.28. The van der Waals surface area contributed by atoms with Crippen LogP contribution in [0.15, 0.2) is 21.6 Å². The standard InChI is InChI=1S/C7H12N4/c1-4-9-7-6(8-3)10-5(2)11-7/h4-5,10-11H,3H2,1-2H3/b9-4-/t5-/m0/s1. The minimum atomic E-state index is 0.189. The zero-order valence-electron chi connectivity index (χ0n) is 6.76. The Morgan fingerprint density at radius 1 is 1.45 bits per heavy atom. The Morgan fingerprint density at radius 2 is 2.09 bits per heavy atom. The molecule has 0 aromatic rings. The Kier molecular flexibility index (Phi) is 2.25. The van der Waals surface area contributed by atoms with Gasteiger partial charge in [-0.15, -0.1) is 0 Å². The Labute approximate surface area is 66.1 Å². The van der Waals surface area contributed by atoms with Gasteiger partial charge in [0.05, 0.1) is 6.17 Å². The first-order valence-corrected chi connectivity index (χ1v) is 3.50. The maximum Gasteiger partial charge on any atom is 0.170 e. The van der Waals surface area contributed by atoms with Crippen LogP contribution in [0.3, 0.4) is 0 Å². The molecule has 0 unspecified atom stereocenters. The second kappa shape index (κ2) is 3.18. The van der Waals surface area contributed by atoms with Crippen molar-refractivity contribution in [2.45, 2.75) is 20.0 Å². The molecule has 4 nitrogen and oxygen atoms in total. The molecule has 0 bridgehead atoms. The van der Waals surface area contributed by atoms with Gasteiger partial charge in [-0.1, -0.05) is 0 Å². The first kappa shape index (κ1) is 7.78. The van der Waals surface area contributed by atoms with Gasteiger partial charge in [-0.2, -0.15) is 0 Å². The number of hydrogen-bond acceptors (Lipinski definition) is 4. The summed E-state index contributed by atoms with van der Waals surface area (Å²) in [6, 6.07) is 0. The van der Waals surface area contributed by atoms with Crippen LogP contribution in [0.4, 0.5) is 0 Å². The zero-order valence-corrected chi connectivity index (χ0v) is 6.76. The van der Waals surface area contributed by atoms with Gasteiger partial charge in [-0.25, -0.2) is 9.98 Å². The minimum Gasteiger partial charge on any atom is -0.347 e. The summed E-state index contributed by atoms with van der Waals surface area (Å²) >= 11 is 0. The highest BCUT2D eigenvalue weighted by Gasteiger charge is 2.16. The highest BCUT2D eigenvalue weighted by atomic mass is 15.3. The van der Waals surface area contributed by atoms with Gasteiger partial charge < -0.3 is 10.6 Å². The maximum atomic E-state index is 4.07. The van der Waals surface area contributed by atoms with E-state index in [9.17, 15) is 0 Å². The third kappa shape index (κ3) is 1.58. The van der Waals surface area contributed by atoms with Crippen LogP contribution in [-0.2, 0) is 0 Å². The number of aliphatic imine (C=N–C) groups is 2. The summed E-state index contributed by atoms with van der Waals surface area (Å²) in [5, 5.41) is 6.16. The fraction of sp³-hybridized carbons (Fsp3) is 0.429. The molecule has 0 spiro atoms. The van der Waals surface area contributed by atoms with Crippen LogP contribution in [-0.4, -0.2) is 19.1 Å². The Hall–Kier alpha value is -1.32. The van der Waals surface area contributed by atoms with Crippen LogP contribution in [0.2, 0.25) is 0 Å². The Bertz CT molecular complexity index is 216. The van der Waals surface area contributed by atoms with Crippen molar-refractivity contribution in [3.8, 4) is 0 Å². The van der Waals surface area contributed by atoms with E-state index < -0.39 is 0 Å². The highest BCUT2D eigenvalue weighted by Crippen LogP contribution is 2.08. The molecule has 0 aromatic carbocycles. The van der Waals surface area contributed by atoms with E-state index in [1.54, 1.807) is 6.21 Å². The average molecular weight is 152 g/mol. The molecule has 0 fully saturated rings. The summed E-state index contributed by atoms with van der Waals surface area (Å²) < 4.78 is 0. The fourth-order valence-electron chi connectivity index (χ4n) is 0.931. The molecule has 0 amide bonds. The van der Waals surface area contributed by atoms with E-state index in [4.69, 9.17) is 0 Å². The van der Waals surface area contributed by atoms with Gasteiger partial charge in [0.2, 0.25) is 0 Å². The van der Waals surface area contributed by atoms with E-state index in [0.717, 1.165) is 11.6 Å². The normalized spacial score (nSPS) is 23.6. The quantitative estimate of drug-likeness (QED) is 0.564. The lowest BCUT2D eigenvalue weighted by Gasteiger charge is -2.03. The molecule has 0 radical (unpaired) electrons. The molecule has 60 valence electrons. The fourth-order valence-corrected chi connectivity index (χ4v) is 0.931. The van der Waals surface area contributed by atoms with Gasteiger partial charge in [0, 0.05) is 6.21 Å². The number of nitrogens with one attached hydrogen (secondary N) is 2. The van der Waals surface area contributed by atoms with Crippen LogP contribution in [0, 0.1) is 0 Å². The molecule has 4 heteroatoms. The third-order valence-corrected chi connectivity index (χ3v) is 1.35. The van der Waals surface area contributed by atoms with Crippen molar-refractivity contribution in [3.05, 3.63) is 11.6 Å². The minimum absolute atomic E-state index is 0.189. The first-order chi connectivity index (χ1) is 5.27. The van der Waals surface area contributed by atoms with E-state index in [1.807, 2.05) is 13.8 Å². The highest BCUT2D eigenvalue weighted by molar-refractivity contribution is 5.55. The summed E-state index contributed by atoms with van der Waals surface area (Å²) in [6.07, 6.45) is 1.90. The monoisotopic (exact) mass is 152 g/mol. The number of nitrogens with zero attached hydrogens (tertiary/aromatic N) is 2. The molecular weight excluding hydrogens is 140 g/mol. The molecule has 0 aromatic heterocycles. The summed E-state index contributed by atoms with van der Waals surface area (Å²) in [5.41, 5.74) is 0. The molecule has 1 rings (SSSR count). The van der Waals surface area contributed by atoms with Gasteiger partial charge in [-0.05, 0) is 20.6 Å². The van der Waals surface area contributed by atoms with Gasteiger partial charge >= 0.3 is 0 Å².